The molecule has 1 heterocycles. The number of hydrogen-bond acceptors (Lipinski definition) is 3. The summed E-state index contributed by atoms with van der Waals surface area (Å²) in [7, 11) is 0. The molecule has 1 aliphatic heterocycles. The molecule has 0 aromatic heterocycles. The van der Waals surface area contributed by atoms with Crippen LogP contribution in [0.15, 0.2) is 48.5 Å². The Bertz CT molecular complexity index is 757. The smallest absolute Gasteiger partial charge is 0.272 e. The lowest BCUT2D eigenvalue weighted by atomic mass is 10.1. The van der Waals surface area contributed by atoms with Gasteiger partial charge in [-0.3, -0.25) is 10.1 Å². The van der Waals surface area contributed by atoms with Crippen LogP contribution in [0.25, 0.3) is 5.57 Å². The van der Waals surface area contributed by atoms with E-state index in [2.05, 4.69) is 0 Å². The highest BCUT2D eigenvalue weighted by Crippen LogP contribution is 2.29. The molecule has 0 radical (unpaired) electrons. The number of nitro benzene ring substituents is 1. The maximum Gasteiger partial charge on any atom is 0.272 e. The maximum atomic E-state index is 14.0. The average molecular weight is 302 g/mol. The molecule has 3 rings (SSSR count). The summed E-state index contributed by atoms with van der Waals surface area (Å²) < 4.78 is 27.0. The molecule has 0 aliphatic carbocycles. The van der Waals surface area contributed by atoms with Gasteiger partial charge in [-0.25, -0.2) is 8.78 Å². The van der Waals surface area contributed by atoms with Gasteiger partial charge in [0.15, 0.2) is 5.82 Å². The average Bonchev–Trinajstić information content (AvgIpc) is 2.97. The van der Waals surface area contributed by atoms with Gasteiger partial charge in [-0.1, -0.05) is 18.2 Å². The number of halogens is 2. The van der Waals surface area contributed by atoms with Crippen LogP contribution in [-0.4, -0.2) is 18.0 Å². The van der Waals surface area contributed by atoms with Crippen molar-refractivity contribution in [2.24, 2.45) is 0 Å². The minimum Gasteiger partial charge on any atom is -0.361 e. The van der Waals surface area contributed by atoms with Crippen LogP contribution in [0.2, 0.25) is 0 Å². The summed E-state index contributed by atoms with van der Waals surface area (Å²) in [6.07, 6.45) is 1.94. The molecular weight excluding hydrogens is 290 g/mol. The number of hydrogen-bond donors (Lipinski definition) is 0. The Balaban J connectivity index is 1.79. The SMILES string of the molecule is O=[N+]([O-])c1ccc(N2CC=C(c3ccc(F)cc3)C2)c(F)c1. The normalized spacial score (nSPS) is 14.1. The molecule has 0 unspecified atom stereocenters. The molecule has 0 N–H and O–H groups in total. The van der Waals surface area contributed by atoms with Crippen LogP contribution in [-0.2, 0) is 0 Å². The lowest BCUT2D eigenvalue weighted by Crippen LogP contribution is -2.20. The quantitative estimate of drug-likeness (QED) is 0.640. The molecule has 0 atom stereocenters. The summed E-state index contributed by atoms with van der Waals surface area (Å²) in [6.45, 7) is 0.974. The Morgan fingerprint density at radius 1 is 1.09 bits per heavy atom. The molecule has 1 aliphatic rings. The summed E-state index contributed by atoms with van der Waals surface area (Å²) in [5.74, 6) is -0.927. The summed E-state index contributed by atoms with van der Waals surface area (Å²) in [4.78, 5) is 11.8. The third-order valence-corrected chi connectivity index (χ3v) is 3.62. The monoisotopic (exact) mass is 302 g/mol. The third-order valence-electron chi connectivity index (χ3n) is 3.62. The molecule has 112 valence electrons. The fraction of sp³-hybridized carbons (Fsp3) is 0.125. The molecule has 22 heavy (non-hydrogen) atoms. The second kappa shape index (κ2) is 5.55. The Kier molecular flexibility index (Phi) is 3.58. The molecular formula is C16H12F2N2O2. The molecule has 0 fully saturated rings. The van der Waals surface area contributed by atoms with Crippen LogP contribution in [0, 0.1) is 21.7 Å². The van der Waals surface area contributed by atoms with Crippen molar-refractivity contribution in [3.8, 4) is 0 Å². The van der Waals surface area contributed by atoms with E-state index < -0.39 is 10.7 Å². The molecule has 0 spiro atoms. The fourth-order valence-corrected chi connectivity index (χ4v) is 2.48. The van der Waals surface area contributed by atoms with Gasteiger partial charge in [0.25, 0.3) is 5.69 Å². The van der Waals surface area contributed by atoms with E-state index in [0.29, 0.717) is 18.8 Å². The van der Waals surface area contributed by atoms with E-state index in [-0.39, 0.29) is 11.5 Å². The van der Waals surface area contributed by atoms with Crippen molar-refractivity contribution in [2.75, 3.05) is 18.0 Å². The van der Waals surface area contributed by atoms with Crippen LogP contribution in [0.1, 0.15) is 5.56 Å². The van der Waals surface area contributed by atoms with E-state index >= 15 is 0 Å². The first kappa shape index (κ1) is 14.2. The zero-order valence-corrected chi connectivity index (χ0v) is 11.5. The largest absolute Gasteiger partial charge is 0.361 e. The van der Waals surface area contributed by atoms with E-state index in [1.54, 1.807) is 17.0 Å². The Morgan fingerprint density at radius 3 is 2.45 bits per heavy atom. The van der Waals surface area contributed by atoms with E-state index in [0.717, 1.165) is 17.2 Å². The summed E-state index contributed by atoms with van der Waals surface area (Å²) in [6, 6.07) is 9.73. The van der Waals surface area contributed by atoms with Crippen molar-refractivity contribution in [3.05, 3.63) is 75.9 Å². The first-order valence-corrected chi connectivity index (χ1v) is 6.68. The second-order valence-electron chi connectivity index (χ2n) is 5.01. The zero-order chi connectivity index (χ0) is 15.7. The maximum absolute atomic E-state index is 14.0. The topological polar surface area (TPSA) is 46.4 Å². The molecule has 4 nitrogen and oxygen atoms in total. The van der Waals surface area contributed by atoms with Gasteiger partial charge < -0.3 is 4.90 Å². The van der Waals surface area contributed by atoms with E-state index in [1.807, 2.05) is 6.08 Å². The van der Waals surface area contributed by atoms with Gasteiger partial charge in [0.2, 0.25) is 0 Å². The standard InChI is InChI=1S/C16H12F2N2O2/c17-13-3-1-11(2-4-13)12-7-8-19(10-12)16-6-5-14(20(21)22)9-15(16)18/h1-7,9H,8,10H2. The van der Waals surface area contributed by atoms with Crippen molar-refractivity contribution in [1.82, 2.24) is 0 Å². The highest BCUT2D eigenvalue weighted by atomic mass is 19.1. The Labute approximate surface area is 125 Å². The number of benzene rings is 2. The molecule has 2 aromatic rings. The number of nitrogens with zero attached hydrogens (tertiary/aromatic N) is 2. The van der Waals surface area contributed by atoms with Gasteiger partial charge in [-0.15, -0.1) is 0 Å². The van der Waals surface area contributed by atoms with Gasteiger partial charge in [0.05, 0.1) is 16.7 Å². The minimum absolute atomic E-state index is 0.271. The first-order chi connectivity index (χ1) is 10.5. The van der Waals surface area contributed by atoms with Gasteiger partial charge >= 0.3 is 0 Å². The molecule has 0 saturated carbocycles. The van der Waals surface area contributed by atoms with E-state index in [4.69, 9.17) is 0 Å². The van der Waals surface area contributed by atoms with Gasteiger partial charge in [-0.05, 0) is 29.3 Å². The number of non-ortho nitro benzene ring substituents is 1. The highest BCUT2D eigenvalue weighted by Gasteiger charge is 2.20. The Hall–Kier alpha value is -2.76. The predicted octanol–water partition coefficient (Wildman–Crippen LogP) is 3.78. The number of nitro groups is 1. The van der Waals surface area contributed by atoms with E-state index in [1.165, 1.54) is 24.3 Å². The summed E-state index contributed by atoms with van der Waals surface area (Å²) >= 11 is 0. The minimum atomic E-state index is -0.626. The summed E-state index contributed by atoms with van der Waals surface area (Å²) in [5, 5.41) is 10.6. The van der Waals surface area contributed by atoms with Crippen molar-refractivity contribution < 1.29 is 13.7 Å². The number of anilines is 1. The van der Waals surface area contributed by atoms with Crippen LogP contribution < -0.4 is 4.90 Å². The zero-order valence-electron chi connectivity index (χ0n) is 11.5. The molecule has 0 amide bonds. The third kappa shape index (κ3) is 2.67. The first-order valence-electron chi connectivity index (χ1n) is 6.68. The van der Waals surface area contributed by atoms with Crippen molar-refractivity contribution >= 4 is 16.9 Å². The van der Waals surface area contributed by atoms with Crippen LogP contribution in [0.4, 0.5) is 20.2 Å². The second-order valence-corrected chi connectivity index (χ2v) is 5.01. The highest BCUT2D eigenvalue weighted by molar-refractivity contribution is 5.74. The van der Waals surface area contributed by atoms with E-state index in [9.17, 15) is 18.9 Å². The van der Waals surface area contributed by atoms with Crippen molar-refractivity contribution in [2.45, 2.75) is 0 Å². The lowest BCUT2D eigenvalue weighted by Gasteiger charge is -2.19. The summed E-state index contributed by atoms with van der Waals surface area (Å²) in [5.41, 5.74) is 1.90. The molecule has 6 heteroatoms. The number of rotatable bonds is 3. The van der Waals surface area contributed by atoms with Crippen LogP contribution in [0.3, 0.4) is 0 Å². The fourth-order valence-electron chi connectivity index (χ4n) is 2.48. The van der Waals surface area contributed by atoms with Gasteiger partial charge in [0.1, 0.15) is 5.82 Å². The lowest BCUT2D eigenvalue weighted by molar-refractivity contribution is -0.385. The molecule has 2 aromatic carbocycles. The molecule has 0 bridgehead atoms. The van der Waals surface area contributed by atoms with Gasteiger partial charge in [-0.2, -0.15) is 0 Å². The Morgan fingerprint density at radius 2 is 1.82 bits per heavy atom. The van der Waals surface area contributed by atoms with Gasteiger partial charge in [0, 0.05) is 19.2 Å². The van der Waals surface area contributed by atoms with Crippen molar-refractivity contribution in [3.63, 3.8) is 0 Å². The van der Waals surface area contributed by atoms with Crippen molar-refractivity contribution in [1.29, 1.82) is 0 Å². The van der Waals surface area contributed by atoms with Crippen LogP contribution in [0.5, 0.6) is 0 Å². The predicted molar refractivity (Wildman–Crippen MR) is 79.6 cm³/mol. The molecule has 0 saturated heterocycles. The van der Waals surface area contributed by atoms with Crippen LogP contribution >= 0.6 is 0 Å².